The number of rotatable bonds is 11. The molecule has 0 rings (SSSR count). The molecule has 2 amide bonds. The van der Waals surface area contributed by atoms with Crippen LogP contribution in [0.1, 0.15) is 39.0 Å². The van der Waals surface area contributed by atoms with Crippen LogP contribution in [-0.4, -0.2) is 48.1 Å². The summed E-state index contributed by atoms with van der Waals surface area (Å²) in [6.45, 7) is 2.79. The molecule has 0 aliphatic carbocycles. The van der Waals surface area contributed by atoms with Gasteiger partial charge < -0.3 is 27.2 Å². The second-order valence-corrected chi connectivity index (χ2v) is 4.78. The number of unbranched alkanes of at least 4 members (excludes halogenated alkanes) is 1. The average molecular weight is 302 g/mol. The van der Waals surface area contributed by atoms with Gasteiger partial charge in [-0.1, -0.05) is 0 Å². The van der Waals surface area contributed by atoms with E-state index in [1.807, 2.05) is 0 Å². The molecule has 2 atom stereocenters. The van der Waals surface area contributed by atoms with Crippen molar-refractivity contribution in [3.63, 3.8) is 0 Å². The van der Waals surface area contributed by atoms with E-state index < -0.39 is 24.0 Å². The number of hydrogen-bond donors (Lipinski definition) is 5. The summed E-state index contributed by atoms with van der Waals surface area (Å²) in [7, 11) is 0. The van der Waals surface area contributed by atoms with E-state index >= 15 is 0 Å². The van der Waals surface area contributed by atoms with E-state index in [9.17, 15) is 14.4 Å². The zero-order valence-corrected chi connectivity index (χ0v) is 12.4. The molecule has 0 aromatic heterocycles. The molecular formula is C13H26N4O4. The van der Waals surface area contributed by atoms with Crippen LogP contribution in [0.5, 0.6) is 0 Å². The molecule has 0 spiro atoms. The number of nitrogens with one attached hydrogen (secondary N) is 2. The molecule has 0 bridgehead atoms. The highest BCUT2D eigenvalue weighted by atomic mass is 16.4. The van der Waals surface area contributed by atoms with Gasteiger partial charge in [0.05, 0.1) is 6.04 Å². The Morgan fingerprint density at radius 3 is 2.38 bits per heavy atom. The van der Waals surface area contributed by atoms with Crippen LogP contribution >= 0.6 is 0 Å². The molecule has 8 heteroatoms. The fourth-order valence-corrected chi connectivity index (χ4v) is 1.73. The molecule has 0 saturated carbocycles. The normalized spacial score (nSPS) is 13.3. The number of carbonyl (C=O) groups is 3. The first kappa shape index (κ1) is 19.3. The summed E-state index contributed by atoms with van der Waals surface area (Å²) in [5.74, 6) is -1.84. The van der Waals surface area contributed by atoms with Gasteiger partial charge >= 0.3 is 5.97 Å². The highest BCUT2D eigenvalue weighted by molar-refractivity contribution is 5.87. The van der Waals surface area contributed by atoms with Crippen molar-refractivity contribution in [2.75, 3.05) is 13.1 Å². The van der Waals surface area contributed by atoms with Gasteiger partial charge in [0.1, 0.15) is 6.04 Å². The van der Waals surface area contributed by atoms with Gasteiger partial charge in [0.15, 0.2) is 0 Å². The van der Waals surface area contributed by atoms with Gasteiger partial charge in [-0.25, -0.2) is 4.79 Å². The third-order valence-corrected chi connectivity index (χ3v) is 2.95. The van der Waals surface area contributed by atoms with Gasteiger partial charge in [0.2, 0.25) is 11.8 Å². The molecule has 0 unspecified atom stereocenters. The Morgan fingerprint density at radius 1 is 1.19 bits per heavy atom. The summed E-state index contributed by atoms with van der Waals surface area (Å²) in [4.78, 5) is 34.1. The van der Waals surface area contributed by atoms with Crippen molar-refractivity contribution in [1.29, 1.82) is 0 Å². The van der Waals surface area contributed by atoms with Gasteiger partial charge in [0, 0.05) is 13.0 Å². The summed E-state index contributed by atoms with van der Waals surface area (Å²) >= 11 is 0. The van der Waals surface area contributed by atoms with E-state index in [2.05, 4.69) is 10.6 Å². The highest BCUT2D eigenvalue weighted by Crippen LogP contribution is 2.02. The van der Waals surface area contributed by atoms with Crippen molar-refractivity contribution in [3.8, 4) is 0 Å². The van der Waals surface area contributed by atoms with Gasteiger partial charge in [-0.3, -0.25) is 9.59 Å². The largest absolute Gasteiger partial charge is 0.480 e. The van der Waals surface area contributed by atoms with E-state index in [4.69, 9.17) is 16.6 Å². The lowest BCUT2D eigenvalue weighted by molar-refractivity contribution is -0.142. The minimum atomic E-state index is -1.10. The van der Waals surface area contributed by atoms with Gasteiger partial charge in [-0.05, 0) is 39.2 Å². The SMILES string of the molecule is CCNC(=O)CC[C@H](N)C(=O)N[C@@H](CCCCN)C(=O)O. The van der Waals surface area contributed by atoms with Crippen LogP contribution < -0.4 is 22.1 Å². The number of carboxylic acids is 1. The fourth-order valence-electron chi connectivity index (χ4n) is 1.73. The minimum absolute atomic E-state index is 0.132. The molecule has 8 nitrogen and oxygen atoms in total. The molecule has 0 aliphatic rings. The number of hydrogen-bond acceptors (Lipinski definition) is 5. The second-order valence-electron chi connectivity index (χ2n) is 4.78. The summed E-state index contributed by atoms with van der Waals surface area (Å²) in [6.07, 6.45) is 1.92. The minimum Gasteiger partial charge on any atom is -0.480 e. The van der Waals surface area contributed by atoms with E-state index in [1.54, 1.807) is 6.92 Å². The van der Waals surface area contributed by atoms with E-state index in [0.29, 0.717) is 32.4 Å². The molecule has 0 fully saturated rings. The first-order valence-electron chi connectivity index (χ1n) is 7.17. The molecule has 0 radical (unpaired) electrons. The zero-order valence-electron chi connectivity index (χ0n) is 12.4. The molecule has 21 heavy (non-hydrogen) atoms. The van der Waals surface area contributed by atoms with Crippen LogP contribution in [0, 0.1) is 0 Å². The topological polar surface area (TPSA) is 148 Å². The lowest BCUT2D eigenvalue weighted by Crippen LogP contribution is -2.48. The second kappa shape index (κ2) is 11.0. The Bertz CT molecular complexity index is 349. The van der Waals surface area contributed by atoms with Crippen LogP contribution in [0.3, 0.4) is 0 Å². The maximum absolute atomic E-state index is 11.8. The third-order valence-electron chi connectivity index (χ3n) is 2.95. The predicted molar refractivity (Wildman–Crippen MR) is 78.4 cm³/mol. The first-order chi connectivity index (χ1) is 9.92. The van der Waals surface area contributed by atoms with E-state index in [1.165, 1.54) is 0 Å². The Morgan fingerprint density at radius 2 is 1.86 bits per heavy atom. The summed E-state index contributed by atoms with van der Waals surface area (Å²) in [5, 5.41) is 14.0. The van der Waals surface area contributed by atoms with Crippen LogP contribution in [0.4, 0.5) is 0 Å². The van der Waals surface area contributed by atoms with Crippen molar-refractivity contribution in [2.24, 2.45) is 11.5 Å². The Kier molecular flexibility index (Phi) is 10.2. The van der Waals surface area contributed by atoms with Crippen molar-refractivity contribution < 1.29 is 19.5 Å². The molecule has 0 aliphatic heterocycles. The van der Waals surface area contributed by atoms with Crippen molar-refractivity contribution in [3.05, 3.63) is 0 Å². The predicted octanol–water partition coefficient (Wildman–Crippen LogP) is -1.07. The smallest absolute Gasteiger partial charge is 0.326 e. The Labute approximate surface area is 124 Å². The lowest BCUT2D eigenvalue weighted by Gasteiger charge is -2.17. The number of amides is 2. The maximum atomic E-state index is 11.8. The van der Waals surface area contributed by atoms with Crippen LogP contribution in [0.25, 0.3) is 0 Å². The zero-order chi connectivity index (χ0) is 16.3. The number of aliphatic carboxylic acids is 1. The van der Waals surface area contributed by atoms with Crippen molar-refractivity contribution in [2.45, 2.75) is 51.1 Å². The maximum Gasteiger partial charge on any atom is 0.326 e. The monoisotopic (exact) mass is 302 g/mol. The summed E-state index contributed by atoms with van der Waals surface area (Å²) in [6, 6.07) is -1.87. The molecule has 0 aromatic carbocycles. The van der Waals surface area contributed by atoms with Gasteiger partial charge in [-0.2, -0.15) is 0 Å². The Hall–Kier alpha value is -1.67. The van der Waals surface area contributed by atoms with Gasteiger partial charge in [0.25, 0.3) is 0 Å². The van der Waals surface area contributed by atoms with Crippen LogP contribution in [0.2, 0.25) is 0 Å². The van der Waals surface area contributed by atoms with Gasteiger partial charge in [-0.15, -0.1) is 0 Å². The van der Waals surface area contributed by atoms with Crippen molar-refractivity contribution >= 4 is 17.8 Å². The van der Waals surface area contributed by atoms with Crippen LogP contribution in [0.15, 0.2) is 0 Å². The molecular weight excluding hydrogens is 276 g/mol. The molecule has 0 aromatic rings. The standard InChI is InChI=1S/C13H26N4O4/c1-2-16-11(18)7-6-9(15)12(19)17-10(13(20)21)5-3-4-8-14/h9-10H,2-8,14-15H2,1H3,(H,16,18)(H,17,19)(H,20,21)/t9-,10-/m0/s1. The summed E-state index contributed by atoms with van der Waals surface area (Å²) in [5.41, 5.74) is 11.0. The average Bonchev–Trinajstić information content (AvgIpc) is 2.43. The fraction of sp³-hybridized carbons (Fsp3) is 0.769. The number of carboxylic acid groups (broad SMARTS) is 1. The summed E-state index contributed by atoms with van der Waals surface area (Å²) < 4.78 is 0. The van der Waals surface area contributed by atoms with E-state index in [0.717, 1.165) is 0 Å². The van der Waals surface area contributed by atoms with E-state index in [-0.39, 0.29) is 18.7 Å². The highest BCUT2D eigenvalue weighted by Gasteiger charge is 2.23. The molecule has 0 saturated heterocycles. The Balaban J connectivity index is 4.21. The number of carbonyl (C=O) groups excluding carboxylic acids is 2. The lowest BCUT2D eigenvalue weighted by atomic mass is 10.1. The molecule has 7 N–H and O–H groups in total. The molecule has 122 valence electrons. The van der Waals surface area contributed by atoms with Crippen LogP contribution in [-0.2, 0) is 14.4 Å². The quantitative estimate of drug-likeness (QED) is 0.307. The molecule has 0 heterocycles. The first-order valence-corrected chi connectivity index (χ1v) is 7.17. The number of nitrogens with two attached hydrogens (primary N) is 2. The third kappa shape index (κ3) is 8.98. The van der Waals surface area contributed by atoms with Crippen molar-refractivity contribution in [1.82, 2.24) is 10.6 Å².